The van der Waals surface area contributed by atoms with Gasteiger partial charge in [-0.25, -0.2) is 0 Å². The number of fused-ring (bicyclic) bond motifs is 1. The van der Waals surface area contributed by atoms with E-state index in [2.05, 4.69) is 16.8 Å². The van der Waals surface area contributed by atoms with E-state index in [9.17, 15) is 5.26 Å². The third kappa shape index (κ3) is 2.78. The summed E-state index contributed by atoms with van der Waals surface area (Å²) in [6.45, 7) is 2.69. The van der Waals surface area contributed by atoms with Crippen molar-refractivity contribution in [1.29, 1.82) is 5.26 Å². The molecule has 0 radical (unpaired) electrons. The number of allylic oxidation sites excluding steroid dienone is 1. The van der Waals surface area contributed by atoms with Crippen LogP contribution in [-0.4, -0.2) is 16.3 Å². The number of nitrogen functional groups attached to an aromatic ring is 1. The van der Waals surface area contributed by atoms with E-state index in [0.29, 0.717) is 12.1 Å². The summed E-state index contributed by atoms with van der Waals surface area (Å²) in [5, 5.41) is 19.2. The predicted molar refractivity (Wildman–Crippen MR) is 97.5 cm³/mol. The highest BCUT2D eigenvalue weighted by Gasteiger charge is 2.13. The monoisotopic (exact) mass is 317 g/mol. The Bertz CT molecular complexity index is 961. The molecule has 2 aromatic carbocycles. The minimum atomic E-state index is 0.0268. The average molecular weight is 317 g/mol. The van der Waals surface area contributed by atoms with Gasteiger partial charge in [-0.15, -0.1) is 0 Å². The number of nitrogens with zero attached hydrogens (tertiary/aromatic N) is 2. The van der Waals surface area contributed by atoms with Gasteiger partial charge < -0.3 is 15.4 Å². The average Bonchev–Trinajstić information content (AvgIpc) is 2.95. The van der Waals surface area contributed by atoms with E-state index < -0.39 is 0 Å². The van der Waals surface area contributed by atoms with Crippen molar-refractivity contribution in [1.82, 2.24) is 4.57 Å². The smallest absolute Gasteiger partial charge is 0.0991 e. The second kappa shape index (κ2) is 6.61. The van der Waals surface area contributed by atoms with Crippen molar-refractivity contribution in [2.45, 2.75) is 13.5 Å². The molecule has 0 saturated heterocycles. The van der Waals surface area contributed by atoms with Gasteiger partial charge in [-0.05, 0) is 42.3 Å². The highest BCUT2D eigenvalue weighted by atomic mass is 16.2. The Labute approximate surface area is 141 Å². The number of anilines is 1. The van der Waals surface area contributed by atoms with Gasteiger partial charge in [-0.3, -0.25) is 0 Å². The van der Waals surface area contributed by atoms with E-state index in [-0.39, 0.29) is 6.61 Å². The Morgan fingerprint density at radius 1 is 1.21 bits per heavy atom. The van der Waals surface area contributed by atoms with Crippen LogP contribution in [0.25, 0.3) is 22.0 Å². The summed E-state index contributed by atoms with van der Waals surface area (Å²) < 4.78 is 2.11. The summed E-state index contributed by atoms with van der Waals surface area (Å²) in [6, 6.07) is 13.8. The molecule has 3 N–H and O–H groups in total. The normalized spacial score (nSPS) is 11.2. The van der Waals surface area contributed by atoms with Crippen LogP contribution in [0.4, 0.5) is 5.69 Å². The van der Waals surface area contributed by atoms with Crippen LogP contribution in [0.1, 0.15) is 11.1 Å². The summed E-state index contributed by atoms with van der Waals surface area (Å²) in [5.41, 5.74) is 11.7. The van der Waals surface area contributed by atoms with Crippen molar-refractivity contribution in [3.8, 4) is 17.2 Å². The topological polar surface area (TPSA) is 75.0 Å². The molecule has 0 aliphatic carbocycles. The number of aromatic nitrogens is 1. The van der Waals surface area contributed by atoms with E-state index in [1.807, 2.05) is 49.4 Å². The zero-order chi connectivity index (χ0) is 17.1. The van der Waals surface area contributed by atoms with Crippen LogP contribution >= 0.6 is 0 Å². The van der Waals surface area contributed by atoms with Crippen LogP contribution in [0.15, 0.2) is 54.7 Å². The van der Waals surface area contributed by atoms with Crippen LogP contribution < -0.4 is 5.73 Å². The Morgan fingerprint density at radius 2 is 2.04 bits per heavy atom. The maximum Gasteiger partial charge on any atom is 0.0991 e. The van der Waals surface area contributed by atoms with Crippen LogP contribution in [0.3, 0.4) is 0 Å². The SMILES string of the molecule is Cc1c(N)cccc1-c1cn(C/C=C/CO)c2ccc(C#N)cc12. The first-order valence-corrected chi connectivity index (χ1v) is 7.80. The van der Waals surface area contributed by atoms with Crippen molar-refractivity contribution < 1.29 is 5.11 Å². The van der Waals surface area contributed by atoms with Gasteiger partial charge >= 0.3 is 0 Å². The lowest BCUT2D eigenvalue weighted by Gasteiger charge is -2.07. The molecule has 0 amide bonds. The number of aliphatic hydroxyl groups is 1. The fourth-order valence-electron chi connectivity index (χ4n) is 2.94. The number of hydrogen-bond donors (Lipinski definition) is 2. The van der Waals surface area contributed by atoms with Crippen LogP contribution in [0.2, 0.25) is 0 Å². The maximum absolute atomic E-state index is 9.22. The molecule has 3 aromatic rings. The first-order chi connectivity index (χ1) is 11.7. The van der Waals surface area contributed by atoms with Gasteiger partial charge in [0.25, 0.3) is 0 Å². The summed E-state index contributed by atoms with van der Waals surface area (Å²) in [7, 11) is 0. The lowest BCUT2D eigenvalue weighted by molar-refractivity contribution is 0.342. The van der Waals surface area contributed by atoms with Gasteiger partial charge in [0.2, 0.25) is 0 Å². The number of benzene rings is 2. The summed E-state index contributed by atoms with van der Waals surface area (Å²) in [4.78, 5) is 0. The standard InChI is InChI=1S/C20H19N3O/c1-14-16(5-4-6-19(14)22)18-13-23(9-2-3-10-24)20-8-7-15(12-21)11-17(18)20/h2-8,11,13,24H,9-10,22H2,1H3/b3-2+. The quantitative estimate of drug-likeness (QED) is 0.570. The van der Waals surface area contributed by atoms with Crippen molar-refractivity contribution in [3.05, 3.63) is 65.9 Å². The Morgan fingerprint density at radius 3 is 2.79 bits per heavy atom. The molecule has 0 aliphatic heterocycles. The molecule has 4 nitrogen and oxygen atoms in total. The van der Waals surface area contributed by atoms with Crippen molar-refractivity contribution in [2.75, 3.05) is 12.3 Å². The number of aliphatic hydroxyl groups excluding tert-OH is 1. The number of nitrogens with two attached hydrogens (primary N) is 1. The Balaban J connectivity index is 2.24. The van der Waals surface area contributed by atoms with Crippen LogP contribution in [0.5, 0.6) is 0 Å². The first kappa shape index (κ1) is 15.9. The number of hydrogen-bond acceptors (Lipinski definition) is 3. The highest BCUT2D eigenvalue weighted by molar-refractivity contribution is 5.98. The minimum Gasteiger partial charge on any atom is -0.398 e. The van der Waals surface area contributed by atoms with Gasteiger partial charge in [0.1, 0.15) is 0 Å². The molecule has 0 aliphatic rings. The van der Waals surface area contributed by atoms with Crippen molar-refractivity contribution in [3.63, 3.8) is 0 Å². The van der Waals surface area contributed by atoms with Crippen LogP contribution in [-0.2, 0) is 6.54 Å². The third-order valence-electron chi connectivity index (χ3n) is 4.25. The van der Waals surface area contributed by atoms with Gasteiger partial charge in [-0.1, -0.05) is 24.3 Å². The molecule has 0 saturated carbocycles. The van der Waals surface area contributed by atoms with Crippen molar-refractivity contribution >= 4 is 16.6 Å². The summed E-state index contributed by atoms with van der Waals surface area (Å²) in [5.74, 6) is 0. The van der Waals surface area contributed by atoms with E-state index in [1.54, 1.807) is 6.08 Å². The molecular formula is C20H19N3O. The predicted octanol–water partition coefficient (Wildman–Crippen LogP) is 3.62. The second-order valence-corrected chi connectivity index (χ2v) is 5.71. The summed E-state index contributed by atoms with van der Waals surface area (Å²) in [6.07, 6.45) is 5.73. The molecule has 1 aromatic heterocycles. The lowest BCUT2D eigenvalue weighted by atomic mass is 9.98. The first-order valence-electron chi connectivity index (χ1n) is 7.80. The Kier molecular flexibility index (Phi) is 4.37. The minimum absolute atomic E-state index is 0.0268. The molecule has 0 fully saturated rings. The Hall–Kier alpha value is -3.03. The van der Waals surface area contributed by atoms with Gasteiger partial charge in [0, 0.05) is 34.9 Å². The van der Waals surface area contributed by atoms with Crippen LogP contribution in [0, 0.1) is 18.3 Å². The molecule has 3 rings (SSSR count). The molecule has 0 atom stereocenters. The largest absolute Gasteiger partial charge is 0.398 e. The zero-order valence-electron chi connectivity index (χ0n) is 13.5. The second-order valence-electron chi connectivity index (χ2n) is 5.71. The van der Waals surface area contributed by atoms with Gasteiger partial charge in [0.15, 0.2) is 0 Å². The fraction of sp³-hybridized carbons (Fsp3) is 0.150. The zero-order valence-corrected chi connectivity index (χ0v) is 13.5. The molecule has 0 spiro atoms. The fourth-order valence-corrected chi connectivity index (χ4v) is 2.94. The van der Waals surface area contributed by atoms with E-state index in [0.717, 1.165) is 33.3 Å². The summed E-state index contributed by atoms with van der Waals surface area (Å²) >= 11 is 0. The molecule has 0 unspecified atom stereocenters. The molecule has 4 heteroatoms. The molecule has 0 bridgehead atoms. The molecular weight excluding hydrogens is 298 g/mol. The van der Waals surface area contributed by atoms with E-state index in [1.165, 1.54) is 0 Å². The third-order valence-corrected chi connectivity index (χ3v) is 4.25. The van der Waals surface area contributed by atoms with Gasteiger partial charge in [0.05, 0.1) is 18.2 Å². The molecule has 120 valence electrons. The maximum atomic E-state index is 9.22. The van der Waals surface area contributed by atoms with Gasteiger partial charge in [-0.2, -0.15) is 5.26 Å². The van der Waals surface area contributed by atoms with E-state index in [4.69, 9.17) is 10.8 Å². The number of rotatable bonds is 4. The lowest BCUT2D eigenvalue weighted by Crippen LogP contribution is -1.93. The molecule has 24 heavy (non-hydrogen) atoms. The van der Waals surface area contributed by atoms with E-state index >= 15 is 0 Å². The number of nitriles is 1. The van der Waals surface area contributed by atoms with Crippen molar-refractivity contribution in [2.24, 2.45) is 0 Å². The highest BCUT2D eigenvalue weighted by Crippen LogP contribution is 2.35. The molecule has 1 heterocycles.